The molecular weight excluding hydrogens is 273 g/mol. The summed E-state index contributed by atoms with van der Waals surface area (Å²) in [6.07, 6.45) is 1.61. The fourth-order valence-electron chi connectivity index (χ4n) is 2.33. The van der Waals surface area contributed by atoms with Gasteiger partial charge < -0.3 is 5.32 Å². The zero-order valence-electron chi connectivity index (χ0n) is 11.8. The Hall–Kier alpha value is -1.38. The van der Waals surface area contributed by atoms with Gasteiger partial charge in [-0.2, -0.15) is 0 Å². The molecule has 20 heavy (non-hydrogen) atoms. The van der Waals surface area contributed by atoms with Gasteiger partial charge in [-0.3, -0.25) is 0 Å². The van der Waals surface area contributed by atoms with E-state index in [4.69, 9.17) is 11.6 Å². The predicted molar refractivity (Wildman–Crippen MR) is 82.8 cm³/mol. The van der Waals surface area contributed by atoms with Crippen molar-refractivity contribution in [2.75, 3.05) is 7.05 Å². The van der Waals surface area contributed by atoms with Crippen LogP contribution < -0.4 is 5.32 Å². The number of benzene rings is 2. The average Bonchev–Trinajstić information content (AvgIpc) is 2.44. The van der Waals surface area contributed by atoms with Gasteiger partial charge in [0.1, 0.15) is 5.82 Å². The van der Waals surface area contributed by atoms with Gasteiger partial charge in [-0.25, -0.2) is 4.39 Å². The summed E-state index contributed by atoms with van der Waals surface area (Å²) in [6.45, 7) is 2.01. The second-order valence-corrected chi connectivity index (χ2v) is 5.46. The fourth-order valence-corrected chi connectivity index (χ4v) is 2.54. The maximum Gasteiger partial charge on any atom is 0.123 e. The van der Waals surface area contributed by atoms with Crippen LogP contribution in [0.2, 0.25) is 5.02 Å². The van der Waals surface area contributed by atoms with Gasteiger partial charge in [0.25, 0.3) is 0 Å². The van der Waals surface area contributed by atoms with Crippen LogP contribution in [0.3, 0.4) is 0 Å². The van der Waals surface area contributed by atoms with E-state index in [0.29, 0.717) is 0 Å². The Bertz CT molecular complexity index is 583. The van der Waals surface area contributed by atoms with Crippen molar-refractivity contribution >= 4 is 11.6 Å². The minimum absolute atomic E-state index is 0.182. The number of hydrogen-bond donors (Lipinski definition) is 1. The molecule has 2 aromatic rings. The molecule has 0 saturated carbocycles. The SMILES string of the molecule is CNC(Cc1cc(F)ccc1C)Cc1ccccc1Cl. The molecule has 1 N–H and O–H groups in total. The first kappa shape index (κ1) is 15.0. The smallest absolute Gasteiger partial charge is 0.123 e. The molecule has 0 amide bonds. The molecule has 2 rings (SSSR count). The lowest BCUT2D eigenvalue weighted by molar-refractivity contribution is 0.551. The summed E-state index contributed by atoms with van der Waals surface area (Å²) in [5.41, 5.74) is 3.27. The van der Waals surface area contributed by atoms with Gasteiger partial charge in [0, 0.05) is 11.1 Å². The van der Waals surface area contributed by atoms with Gasteiger partial charge in [0.05, 0.1) is 0 Å². The Labute approximate surface area is 124 Å². The molecule has 0 aliphatic rings. The van der Waals surface area contributed by atoms with E-state index in [9.17, 15) is 4.39 Å². The van der Waals surface area contributed by atoms with Crippen molar-refractivity contribution < 1.29 is 4.39 Å². The topological polar surface area (TPSA) is 12.0 Å². The summed E-state index contributed by atoms with van der Waals surface area (Å²) < 4.78 is 13.4. The van der Waals surface area contributed by atoms with E-state index in [0.717, 1.165) is 34.6 Å². The molecule has 0 heterocycles. The van der Waals surface area contributed by atoms with Crippen molar-refractivity contribution in [3.05, 3.63) is 70.0 Å². The van der Waals surface area contributed by atoms with E-state index in [-0.39, 0.29) is 11.9 Å². The zero-order valence-corrected chi connectivity index (χ0v) is 12.5. The molecule has 1 unspecified atom stereocenters. The Kier molecular flexibility index (Phi) is 5.16. The maximum absolute atomic E-state index is 13.4. The van der Waals surface area contributed by atoms with Crippen LogP contribution >= 0.6 is 11.6 Å². The lowest BCUT2D eigenvalue weighted by Crippen LogP contribution is -2.30. The quantitative estimate of drug-likeness (QED) is 0.872. The van der Waals surface area contributed by atoms with Gasteiger partial charge in [0.2, 0.25) is 0 Å². The summed E-state index contributed by atoms with van der Waals surface area (Å²) in [7, 11) is 1.93. The number of likely N-dealkylation sites (N-methyl/N-ethyl adjacent to an activating group) is 1. The first-order valence-electron chi connectivity index (χ1n) is 6.76. The van der Waals surface area contributed by atoms with Gasteiger partial charge in [0.15, 0.2) is 0 Å². The number of hydrogen-bond acceptors (Lipinski definition) is 1. The first-order chi connectivity index (χ1) is 9.60. The van der Waals surface area contributed by atoms with Crippen molar-refractivity contribution in [2.45, 2.75) is 25.8 Å². The van der Waals surface area contributed by atoms with Crippen LogP contribution in [0.5, 0.6) is 0 Å². The van der Waals surface area contributed by atoms with Crippen LogP contribution in [0.25, 0.3) is 0 Å². The molecule has 106 valence electrons. The molecule has 0 aliphatic carbocycles. The summed E-state index contributed by atoms with van der Waals surface area (Å²) in [5, 5.41) is 4.07. The highest BCUT2D eigenvalue weighted by Gasteiger charge is 2.12. The van der Waals surface area contributed by atoms with Crippen molar-refractivity contribution in [1.29, 1.82) is 0 Å². The monoisotopic (exact) mass is 291 g/mol. The molecule has 2 aromatic carbocycles. The van der Waals surface area contributed by atoms with E-state index >= 15 is 0 Å². The standard InChI is InChI=1S/C17H19ClFN/c1-12-7-8-15(19)9-14(12)11-16(20-2)10-13-5-3-4-6-17(13)18/h3-9,16,20H,10-11H2,1-2H3. The van der Waals surface area contributed by atoms with Crippen LogP contribution in [0.1, 0.15) is 16.7 Å². The zero-order chi connectivity index (χ0) is 14.5. The molecule has 1 atom stereocenters. The lowest BCUT2D eigenvalue weighted by atomic mass is 9.96. The summed E-state index contributed by atoms with van der Waals surface area (Å²) >= 11 is 6.20. The molecule has 0 aliphatic heterocycles. The number of nitrogens with one attached hydrogen (secondary N) is 1. The maximum atomic E-state index is 13.4. The highest BCUT2D eigenvalue weighted by atomic mass is 35.5. The van der Waals surface area contributed by atoms with Crippen molar-refractivity contribution in [3.8, 4) is 0 Å². The minimum atomic E-state index is -0.182. The van der Waals surface area contributed by atoms with Gasteiger partial charge in [-0.1, -0.05) is 35.9 Å². The van der Waals surface area contributed by atoms with E-state index in [2.05, 4.69) is 5.32 Å². The number of halogens is 2. The highest BCUT2D eigenvalue weighted by molar-refractivity contribution is 6.31. The second-order valence-electron chi connectivity index (χ2n) is 5.06. The average molecular weight is 292 g/mol. The van der Waals surface area contributed by atoms with Crippen molar-refractivity contribution in [2.24, 2.45) is 0 Å². The largest absolute Gasteiger partial charge is 0.316 e. The Morgan fingerprint density at radius 1 is 1.10 bits per heavy atom. The van der Waals surface area contributed by atoms with Gasteiger partial charge in [-0.05, 0) is 61.7 Å². The van der Waals surface area contributed by atoms with Crippen molar-refractivity contribution in [3.63, 3.8) is 0 Å². The number of rotatable bonds is 5. The summed E-state index contributed by atoms with van der Waals surface area (Å²) in [4.78, 5) is 0. The van der Waals surface area contributed by atoms with E-state index in [1.165, 1.54) is 6.07 Å². The van der Waals surface area contributed by atoms with Crippen LogP contribution in [0.15, 0.2) is 42.5 Å². The molecule has 0 fully saturated rings. The molecule has 0 bridgehead atoms. The summed E-state index contributed by atoms with van der Waals surface area (Å²) in [5.74, 6) is -0.182. The Balaban J connectivity index is 2.13. The lowest BCUT2D eigenvalue weighted by Gasteiger charge is -2.18. The fraction of sp³-hybridized carbons (Fsp3) is 0.294. The molecule has 0 aromatic heterocycles. The van der Waals surface area contributed by atoms with Crippen LogP contribution in [0.4, 0.5) is 4.39 Å². The number of aryl methyl sites for hydroxylation is 1. The van der Waals surface area contributed by atoms with Crippen LogP contribution in [-0.2, 0) is 12.8 Å². The Morgan fingerprint density at radius 3 is 2.50 bits per heavy atom. The minimum Gasteiger partial charge on any atom is -0.316 e. The molecule has 1 nitrogen and oxygen atoms in total. The third kappa shape index (κ3) is 3.81. The van der Waals surface area contributed by atoms with E-state index < -0.39 is 0 Å². The van der Waals surface area contributed by atoms with Crippen LogP contribution in [0, 0.1) is 12.7 Å². The van der Waals surface area contributed by atoms with Crippen molar-refractivity contribution in [1.82, 2.24) is 5.32 Å². The predicted octanol–water partition coefficient (Wildman–Crippen LogP) is 4.16. The second kappa shape index (κ2) is 6.87. The summed E-state index contributed by atoms with van der Waals surface area (Å²) in [6, 6.07) is 13.0. The van der Waals surface area contributed by atoms with Crippen LogP contribution in [-0.4, -0.2) is 13.1 Å². The van der Waals surface area contributed by atoms with Gasteiger partial charge in [-0.15, -0.1) is 0 Å². The molecular formula is C17H19ClFN. The third-order valence-corrected chi connectivity index (χ3v) is 3.98. The molecule has 0 radical (unpaired) electrons. The van der Waals surface area contributed by atoms with E-state index in [1.54, 1.807) is 6.07 Å². The molecule has 3 heteroatoms. The Morgan fingerprint density at radius 2 is 1.80 bits per heavy atom. The van der Waals surface area contributed by atoms with E-state index in [1.807, 2.05) is 44.3 Å². The third-order valence-electron chi connectivity index (χ3n) is 3.61. The normalized spacial score (nSPS) is 12.4. The molecule has 0 saturated heterocycles. The first-order valence-corrected chi connectivity index (χ1v) is 7.13. The highest BCUT2D eigenvalue weighted by Crippen LogP contribution is 2.19. The molecule has 0 spiro atoms. The van der Waals surface area contributed by atoms with Gasteiger partial charge >= 0.3 is 0 Å².